The third-order valence-electron chi connectivity index (χ3n) is 4.94. The smallest absolute Gasteiger partial charge is 0.321 e. The summed E-state index contributed by atoms with van der Waals surface area (Å²) in [6, 6.07) is 14.4. The van der Waals surface area contributed by atoms with Crippen molar-refractivity contribution in [3.8, 4) is 0 Å². The SMILES string of the molecule is O=C(Cn1nnc2ccccc21)N1CCCN(C(=O)Nc2ccc(Cl)cc2)CC1. The van der Waals surface area contributed by atoms with E-state index in [0.717, 1.165) is 17.5 Å². The first kappa shape index (κ1) is 19.2. The molecule has 1 N–H and O–H groups in total. The number of urea groups is 1. The van der Waals surface area contributed by atoms with Crippen molar-refractivity contribution in [2.24, 2.45) is 0 Å². The number of hydrogen-bond donors (Lipinski definition) is 1. The zero-order valence-electron chi connectivity index (χ0n) is 15.8. The summed E-state index contributed by atoms with van der Waals surface area (Å²) in [6.07, 6.45) is 0.720. The van der Waals surface area contributed by atoms with Crippen LogP contribution in [0.25, 0.3) is 11.0 Å². The van der Waals surface area contributed by atoms with Gasteiger partial charge in [-0.3, -0.25) is 4.79 Å². The van der Waals surface area contributed by atoms with Crippen molar-refractivity contribution in [1.29, 1.82) is 0 Å². The van der Waals surface area contributed by atoms with Crippen LogP contribution < -0.4 is 5.32 Å². The number of halogens is 1. The van der Waals surface area contributed by atoms with Gasteiger partial charge in [0.05, 0.1) is 5.52 Å². The minimum Gasteiger partial charge on any atom is -0.339 e. The van der Waals surface area contributed by atoms with Gasteiger partial charge < -0.3 is 15.1 Å². The van der Waals surface area contributed by atoms with E-state index in [1.54, 1.807) is 38.7 Å². The van der Waals surface area contributed by atoms with Gasteiger partial charge in [-0.15, -0.1) is 5.10 Å². The fourth-order valence-electron chi connectivity index (χ4n) is 3.37. The number of nitrogens with zero attached hydrogens (tertiary/aromatic N) is 5. The molecule has 0 aliphatic carbocycles. The van der Waals surface area contributed by atoms with E-state index in [1.165, 1.54) is 0 Å². The first-order valence-electron chi connectivity index (χ1n) is 9.48. The predicted molar refractivity (Wildman–Crippen MR) is 111 cm³/mol. The molecule has 3 aromatic rings. The van der Waals surface area contributed by atoms with Gasteiger partial charge in [-0.2, -0.15) is 0 Å². The topological polar surface area (TPSA) is 83.4 Å². The van der Waals surface area contributed by atoms with E-state index in [-0.39, 0.29) is 18.5 Å². The lowest BCUT2D eigenvalue weighted by Gasteiger charge is -2.22. The Hall–Kier alpha value is -3.13. The molecular formula is C20H21ClN6O2. The quantitative estimate of drug-likeness (QED) is 0.717. The van der Waals surface area contributed by atoms with Gasteiger partial charge in [-0.1, -0.05) is 28.9 Å². The van der Waals surface area contributed by atoms with Crippen molar-refractivity contribution in [3.63, 3.8) is 0 Å². The van der Waals surface area contributed by atoms with Crippen LogP contribution in [-0.4, -0.2) is 62.9 Å². The van der Waals surface area contributed by atoms with Crippen molar-refractivity contribution in [2.75, 3.05) is 31.5 Å². The maximum absolute atomic E-state index is 12.8. The summed E-state index contributed by atoms with van der Waals surface area (Å²) < 4.78 is 1.62. The number of para-hydroxylation sites is 1. The van der Waals surface area contributed by atoms with E-state index in [4.69, 9.17) is 11.6 Å². The fourth-order valence-corrected chi connectivity index (χ4v) is 3.49. The Balaban J connectivity index is 1.35. The Morgan fingerprint density at radius 2 is 1.69 bits per heavy atom. The molecule has 0 radical (unpaired) electrons. The maximum Gasteiger partial charge on any atom is 0.321 e. The lowest BCUT2D eigenvalue weighted by Crippen LogP contribution is -2.40. The monoisotopic (exact) mass is 412 g/mol. The second-order valence-electron chi connectivity index (χ2n) is 6.89. The van der Waals surface area contributed by atoms with Crippen molar-refractivity contribution >= 4 is 40.3 Å². The molecule has 1 aromatic heterocycles. The molecule has 0 spiro atoms. The highest BCUT2D eigenvalue weighted by Gasteiger charge is 2.23. The van der Waals surface area contributed by atoms with E-state index in [2.05, 4.69) is 15.6 Å². The molecule has 29 heavy (non-hydrogen) atoms. The van der Waals surface area contributed by atoms with E-state index < -0.39 is 0 Å². The van der Waals surface area contributed by atoms with Crippen LogP contribution in [0.15, 0.2) is 48.5 Å². The minimum absolute atomic E-state index is 0.0272. The Morgan fingerprint density at radius 1 is 0.966 bits per heavy atom. The summed E-state index contributed by atoms with van der Waals surface area (Å²) in [6.45, 7) is 2.30. The molecule has 1 aliphatic rings. The Kier molecular flexibility index (Phi) is 5.62. The molecule has 150 valence electrons. The number of benzene rings is 2. The van der Waals surface area contributed by atoms with E-state index >= 15 is 0 Å². The summed E-state index contributed by atoms with van der Waals surface area (Å²) in [7, 11) is 0. The summed E-state index contributed by atoms with van der Waals surface area (Å²) in [5.74, 6) is -0.0272. The molecule has 0 atom stereocenters. The second kappa shape index (κ2) is 8.48. The molecule has 1 aliphatic heterocycles. The average molecular weight is 413 g/mol. The maximum atomic E-state index is 12.8. The predicted octanol–water partition coefficient (Wildman–Crippen LogP) is 2.85. The summed E-state index contributed by atoms with van der Waals surface area (Å²) >= 11 is 5.88. The lowest BCUT2D eigenvalue weighted by atomic mass is 10.3. The molecule has 4 rings (SSSR count). The normalized spacial score (nSPS) is 14.7. The molecule has 3 amide bonds. The van der Waals surface area contributed by atoms with Crippen LogP contribution in [0.3, 0.4) is 0 Å². The third kappa shape index (κ3) is 4.48. The number of anilines is 1. The lowest BCUT2D eigenvalue weighted by molar-refractivity contribution is -0.131. The number of aromatic nitrogens is 3. The molecular weight excluding hydrogens is 392 g/mol. The Labute approximate surface area is 173 Å². The molecule has 1 fully saturated rings. The number of carbonyl (C=O) groups excluding carboxylic acids is 2. The fraction of sp³-hybridized carbons (Fsp3) is 0.300. The molecule has 2 heterocycles. The molecule has 9 heteroatoms. The van der Waals surface area contributed by atoms with Crippen LogP contribution in [0, 0.1) is 0 Å². The van der Waals surface area contributed by atoms with Crippen LogP contribution >= 0.6 is 11.6 Å². The molecule has 0 unspecified atom stereocenters. The average Bonchev–Trinajstić information content (AvgIpc) is 2.96. The number of hydrogen-bond acceptors (Lipinski definition) is 4. The summed E-state index contributed by atoms with van der Waals surface area (Å²) in [5.41, 5.74) is 2.29. The molecule has 2 aromatic carbocycles. The summed E-state index contributed by atoms with van der Waals surface area (Å²) in [5, 5.41) is 11.7. The highest BCUT2D eigenvalue weighted by molar-refractivity contribution is 6.30. The van der Waals surface area contributed by atoms with Crippen LogP contribution in [0.5, 0.6) is 0 Å². The van der Waals surface area contributed by atoms with E-state index in [1.807, 2.05) is 24.3 Å². The number of rotatable bonds is 3. The Morgan fingerprint density at radius 3 is 2.52 bits per heavy atom. The minimum atomic E-state index is -0.177. The van der Waals surface area contributed by atoms with Crippen molar-refractivity contribution < 1.29 is 9.59 Å². The zero-order valence-corrected chi connectivity index (χ0v) is 16.5. The Bertz CT molecular complexity index is 1020. The van der Waals surface area contributed by atoms with Crippen LogP contribution in [0.4, 0.5) is 10.5 Å². The first-order chi connectivity index (χ1) is 14.1. The van der Waals surface area contributed by atoms with Gasteiger partial charge in [-0.05, 0) is 42.8 Å². The third-order valence-corrected chi connectivity index (χ3v) is 5.19. The molecule has 0 saturated carbocycles. The number of amides is 3. The zero-order chi connectivity index (χ0) is 20.2. The van der Waals surface area contributed by atoms with E-state index in [0.29, 0.717) is 36.9 Å². The molecule has 8 nitrogen and oxygen atoms in total. The number of nitrogens with one attached hydrogen (secondary N) is 1. The first-order valence-corrected chi connectivity index (χ1v) is 9.85. The van der Waals surface area contributed by atoms with Crippen LogP contribution in [0.2, 0.25) is 5.02 Å². The van der Waals surface area contributed by atoms with Gasteiger partial charge in [0.2, 0.25) is 5.91 Å². The van der Waals surface area contributed by atoms with Crippen LogP contribution in [-0.2, 0) is 11.3 Å². The van der Waals surface area contributed by atoms with E-state index in [9.17, 15) is 9.59 Å². The highest BCUT2D eigenvalue weighted by Crippen LogP contribution is 2.15. The van der Waals surface area contributed by atoms with Crippen molar-refractivity contribution in [3.05, 3.63) is 53.6 Å². The number of fused-ring (bicyclic) bond motifs is 1. The van der Waals surface area contributed by atoms with Gasteiger partial charge >= 0.3 is 6.03 Å². The molecule has 1 saturated heterocycles. The number of carbonyl (C=O) groups is 2. The van der Waals surface area contributed by atoms with Gasteiger partial charge in [0.25, 0.3) is 0 Å². The highest BCUT2D eigenvalue weighted by atomic mass is 35.5. The van der Waals surface area contributed by atoms with Gasteiger partial charge in [-0.25, -0.2) is 9.48 Å². The van der Waals surface area contributed by atoms with Gasteiger partial charge in [0, 0.05) is 36.9 Å². The van der Waals surface area contributed by atoms with Crippen molar-refractivity contribution in [1.82, 2.24) is 24.8 Å². The standard InChI is InChI=1S/C20H21ClN6O2/c21-15-6-8-16(9-7-15)22-20(29)26-11-3-10-25(12-13-26)19(28)14-27-18-5-2-1-4-17(18)23-24-27/h1-2,4-9H,3,10-14H2,(H,22,29). The van der Waals surface area contributed by atoms with Gasteiger partial charge in [0.1, 0.15) is 12.1 Å². The second-order valence-corrected chi connectivity index (χ2v) is 7.33. The molecule has 0 bridgehead atoms. The van der Waals surface area contributed by atoms with Gasteiger partial charge in [0.15, 0.2) is 0 Å². The van der Waals surface area contributed by atoms with Crippen LogP contribution in [0.1, 0.15) is 6.42 Å². The largest absolute Gasteiger partial charge is 0.339 e. The summed E-state index contributed by atoms with van der Waals surface area (Å²) in [4.78, 5) is 28.8. The van der Waals surface area contributed by atoms with Crippen molar-refractivity contribution in [2.45, 2.75) is 13.0 Å².